The van der Waals surface area contributed by atoms with Crippen LogP contribution in [-0.4, -0.2) is 16.9 Å². The number of amides is 1. The number of pyridine rings is 1. The van der Waals surface area contributed by atoms with Crippen LogP contribution in [0.15, 0.2) is 54.6 Å². The molecule has 3 aromatic rings. The van der Waals surface area contributed by atoms with E-state index in [0.29, 0.717) is 5.56 Å². The van der Waals surface area contributed by atoms with Crippen LogP contribution in [0.4, 0.5) is 4.39 Å². The van der Waals surface area contributed by atoms with E-state index in [1.807, 2.05) is 43.3 Å². The van der Waals surface area contributed by atoms with E-state index in [2.05, 4.69) is 10.3 Å². The number of hydrogen-bond donors (Lipinski definition) is 1. The zero-order valence-electron chi connectivity index (χ0n) is 13.3. The van der Waals surface area contributed by atoms with Gasteiger partial charge in [-0.1, -0.05) is 30.3 Å². The summed E-state index contributed by atoms with van der Waals surface area (Å²) in [6.07, 6.45) is 0.844. The van der Waals surface area contributed by atoms with E-state index in [1.165, 1.54) is 6.07 Å². The van der Waals surface area contributed by atoms with E-state index < -0.39 is 0 Å². The molecule has 1 heterocycles. The van der Waals surface area contributed by atoms with Crippen molar-refractivity contribution in [3.8, 4) is 0 Å². The number of fused-ring (bicyclic) bond motifs is 1. The van der Waals surface area contributed by atoms with Gasteiger partial charge in [0.1, 0.15) is 5.82 Å². The summed E-state index contributed by atoms with van der Waals surface area (Å²) in [6, 6.07) is 16.1. The number of benzene rings is 2. The predicted octanol–water partition coefficient (Wildman–Crippen LogP) is 3.97. The Kier molecular flexibility index (Phi) is 3.53. The minimum atomic E-state index is -0.236. The van der Waals surface area contributed by atoms with Crippen LogP contribution in [0, 0.1) is 12.7 Å². The third-order valence-electron chi connectivity index (χ3n) is 4.47. The number of rotatable bonds is 3. The van der Waals surface area contributed by atoms with Gasteiger partial charge in [-0.3, -0.25) is 9.78 Å². The molecule has 1 fully saturated rings. The molecule has 2 atom stereocenters. The highest BCUT2D eigenvalue weighted by Crippen LogP contribution is 2.41. The molecule has 0 spiro atoms. The largest absolute Gasteiger partial charge is 0.349 e. The molecule has 4 rings (SSSR count). The first kappa shape index (κ1) is 14.8. The van der Waals surface area contributed by atoms with Gasteiger partial charge in [-0.25, -0.2) is 4.39 Å². The summed E-state index contributed by atoms with van der Waals surface area (Å²) < 4.78 is 13.3. The van der Waals surface area contributed by atoms with E-state index in [9.17, 15) is 9.18 Å². The number of nitrogens with zero attached hydrogens (tertiary/aromatic N) is 1. The minimum Gasteiger partial charge on any atom is -0.349 e. The second kappa shape index (κ2) is 5.71. The lowest BCUT2D eigenvalue weighted by Gasteiger charge is -2.09. The molecule has 1 N–H and O–H groups in total. The summed E-state index contributed by atoms with van der Waals surface area (Å²) in [6.45, 7) is 1.88. The molecule has 0 bridgehead atoms. The van der Waals surface area contributed by atoms with Gasteiger partial charge in [0.05, 0.1) is 11.1 Å². The number of aromatic nitrogens is 1. The first-order valence-electron chi connectivity index (χ1n) is 8.04. The molecule has 0 aliphatic heterocycles. The maximum Gasteiger partial charge on any atom is 0.252 e. The maximum absolute atomic E-state index is 13.3. The minimum absolute atomic E-state index is 0.0616. The van der Waals surface area contributed by atoms with Gasteiger partial charge in [0.25, 0.3) is 5.91 Å². The number of carbonyl (C=O) groups is 1. The van der Waals surface area contributed by atoms with E-state index in [4.69, 9.17) is 0 Å². The Labute approximate surface area is 139 Å². The summed E-state index contributed by atoms with van der Waals surface area (Å²) >= 11 is 0. The predicted molar refractivity (Wildman–Crippen MR) is 91.5 cm³/mol. The molecule has 0 unspecified atom stereocenters. The maximum atomic E-state index is 13.3. The van der Waals surface area contributed by atoms with Gasteiger partial charge >= 0.3 is 0 Å². The van der Waals surface area contributed by atoms with Crippen LogP contribution >= 0.6 is 0 Å². The van der Waals surface area contributed by atoms with Crippen molar-refractivity contribution in [2.24, 2.45) is 0 Å². The highest BCUT2D eigenvalue weighted by Gasteiger charge is 2.39. The van der Waals surface area contributed by atoms with Gasteiger partial charge in [0.2, 0.25) is 0 Å². The Morgan fingerprint density at radius 3 is 2.83 bits per heavy atom. The standard InChI is InChI=1S/C20H17FN2O/c1-12-9-17(15-7-2-3-8-18(15)22-12)20(24)23-19-11-16(19)13-5-4-6-14(21)10-13/h2-10,16,19H,11H2,1H3,(H,23,24)/t16-,19+/m0/s1. The topological polar surface area (TPSA) is 42.0 Å². The third kappa shape index (κ3) is 2.75. The molecule has 1 aliphatic rings. The highest BCUT2D eigenvalue weighted by molar-refractivity contribution is 6.06. The molecule has 1 aromatic heterocycles. The Balaban J connectivity index is 1.56. The van der Waals surface area contributed by atoms with Crippen LogP contribution in [0.2, 0.25) is 0 Å². The van der Waals surface area contributed by atoms with Crippen LogP contribution in [0.3, 0.4) is 0 Å². The molecule has 4 heteroatoms. The molecule has 0 radical (unpaired) electrons. The molecular weight excluding hydrogens is 303 g/mol. The van der Waals surface area contributed by atoms with Gasteiger partial charge in [-0.15, -0.1) is 0 Å². The molecule has 1 aliphatic carbocycles. The number of para-hydroxylation sites is 1. The lowest BCUT2D eigenvalue weighted by atomic mass is 10.1. The monoisotopic (exact) mass is 320 g/mol. The van der Waals surface area contributed by atoms with E-state index in [1.54, 1.807) is 12.1 Å². The second-order valence-corrected chi connectivity index (χ2v) is 6.31. The number of carbonyl (C=O) groups excluding carboxylic acids is 1. The van der Waals surface area contributed by atoms with E-state index >= 15 is 0 Å². The van der Waals surface area contributed by atoms with Crippen LogP contribution in [0.1, 0.15) is 34.0 Å². The molecule has 1 amide bonds. The van der Waals surface area contributed by atoms with Gasteiger partial charge in [-0.2, -0.15) is 0 Å². The molecular formula is C20H17FN2O. The summed E-state index contributed by atoms with van der Waals surface area (Å²) in [5, 5.41) is 3.92. The molecule has 1 saturated carbocycles. The first-order valence-corrected chi connectivity index (χ1v) is 8.04. The summed E-state index contributed by atoms with van der Waals surface area (Å²) in [4.78, 5) is 17.2. The fraction of sp³-hybridized carbons (Fsp3) is 0.200. The van der Waals surface area contributed by atoms with Gasteiger partial charge in [0, 0.05) is 23.0 Å². The van der Waals surface area contributed by atoms with Crippen molar-refractivity contribution < 1.29 is 9.18 Å². The quantitative estimate of drug-likeness (QED) is 0.793. The Hall–Kier alpha value is -2.75. The Morgan fingerprint density at radius 2 is 2.00 bits per heavy atom. The normalized spacial score (nSPS) is 19.2. The van der Waals surface area contributed by atoms with Crippen molar-refractivity contribution in [2.45, 2.75) is 25.3 Å². The average molecular weight is 320 g/mol. The highest BCUT2D eigenvalue weighted by atomic mass is 19.1. The van der Waals surface area contributed by atoms with Gasteiger partial charge in [0.15, 0.2) is 0 Å². The SMILES string of the molecule is Cc1cc(C(=O)N[C@@H]2C[C@H]2c2cccc(F)c2)c2ccccc2n1. The van der Waals surface area contributed by atoms with Gasteiger partial charge < -0.3 is 5.32 Å². The number of halogens is 1. The Morgan fingerprint density at radius 1 is 1.17 bits per heavy atom. The molecule has 0 saturated heterocycles. The van der Waals surface area contributed by atoms with Crippen molar-refractivity contribution in [1.82, 2.24) is 10.3 Å². The molecule has 120 valence electrons. The molecule has 24 heavy (non-hydrogen) atoms. The Bertz CT molecular complexity index is 938. The first-order chi connectivity index (χ1) is 11.6. The summed E-state index contributed by atoms with van der Waals surface area (Å²) in [7, 11) is 0. The van der Waals surface area contributed by atoms with E-state index in [-0.39, 0.29) is 23.7 Å². The summed E-state index contributed by atoms with van der Waals surface area (Å²) in [5.41, 5.74) is 3.22. The van der Waals surface area contributed by atoms with Crippen molar-refractivity contribution in [3.63, 3.8) is 0 Å². The van der Waals surface area contributed by atoms with Crippen LogP contribution in [0.25, 0.3) is 10.9 Å². The molecule has 3 nitrogen and oxygen atoms in total. The lowest BCUT2D eigenvalue weighted by molar-refractivity contribution is 0.0952. The van der Waals surface area contributed by atoms with Crippen LogP contribution in [-0.2, 0) is 0 Å². The fourth-order valence-electron chi connectivity index (χ4n) is 3.20. The van der Waals surface area contributed by atoms with Gasteiger partial charge in [-0.05, 0) is 43.2 Å². The number of nitrogens with one attached hydrogen (secondary N) is 1. The zero-order chi connectivity index (χ0) is 16.7. The smallest absolute Gasteiger partial charge is 0.252 e. The molecule has 2 aromatic carbocycles. The van der Waals surface area contributed by atoms with Crippen molar-refractivity contribution in [3.05, 3.63) is 77.2 Å². The van der Waals surface area contributed by atoms with E-state index in [0.717, 1.165) is 28.6 Å². The number of hydrogen-bond acceptors (Lipinski definition) is 2. The third-order valence-corrected chi connectivity index (χ3v) is 4.47. The van der Waals surface area contributed by atoms with Crippen LogP contribution in [0.5, 0.6) is 0 Å². The second-order valence-electron chi connectivity index (χ2n) is 6.31. The van der Waals surface area contributed by atoms with Crippen molar-refractivity contribution >= 4 is 16.8 Å². The summed E-state index contributed by atoms with van der Waals surface area (Å²) in [5.74, 6) is -0.139. The van der Waals surface area contributed by atoms with Crippen LogP contribution < -0.4 is 5.32 Å². The van der Waals surface area contributed by atoms with Crippen molar-refractivity contribution in [2.75, 3.05) is 0 Å². The number of aryl methyl sites for hydroxylation is 1. The average Bonchev–Trinajstić information content (AvgIpc) is 3.33. The van der Waals surface area contributed by atoms with Crippen molar-refractivity contribution in [1.29, 1.82) is 0 Å². The zero-order valence-corrected chi connectivity index (χ0v) is 13.3. The fourth-order valence-corrected chi connectivity index (χ4v) is 3.20. The lowest BCUT2D eigenvalue weighted by Crippen LogP contribution is -2.27.